The van der Waals surface area contributed by atoms with E-state index in [0.29, 0.717) is 15.8 Å². The van der Waals surface area contributed by atoms with Gasteiger partial charge in [0.25, 0.3) is 0 Å². The summed E-state index contributed by atoms with van der Waals surface area (Å²) in [5.74, 6) is 0.132. The third kappa shape index (κ3) is 4.21. The first-order valence-electron chi connectivity index (χ1n) is 6.09. The summed E-state index contributed by atoms with van der Waals surface area (Å²) in [7, 11) is -3.15. The van der Waals surface area contributed by atoms with Crippen LogP contribution in [0.2, 0.25) is 0 Å². The van der Waals surface area contributed by atoms with E-state index in [-0.39, 0.29) is 5.75 Å². The van der Waals surface area contributed by atoms with E-state index in [1.54, 1.807) is 19.1 Å². The Bertz CT molecular complexity index is 472. The molecule has 1 aromatic rings. The Balaban J connectivity index is 2.78. The largest absolute Gasteiger partial charge is 0.384 e. The van der Waals surface area contributed by atoms with Gasteiger partial charge in [0.1, 0.15) is 0 Å². The fourth-order valence-corrected chi connectivity index (χ4v) is 2.99. The van der Waals surface area contributed by atoms with Gasteiger partial charge in [0.05, 0.1) is 16.3 Å². The number of benzene rings is 1. The second-order valence-electron chi connectivity index (χ2n) is 4.16. The lowest BCUT2D eigenvalue weighted by atomic mass is 10.3. The number of nitrogens with one attached hydrogen (secondary N) is 1. The monoisotopic (exact) mass is 287 g/mol. The highest BCUT2D eigenvalue weighted by atomic mass is 32.2. The number of sulfone groups is 1. The second-order valence-corrected chi connectivity index (χ2v) is 7.68. The molecule has 1 aromatic carbocycles. The first kappa shape index (κ1) is 15.4. The smallest absolute Gasteiger partial charge is 0.180 e. The molecule has 0 radical (unpaired) electrons. The second kappa shape index (κ2) is 7.04. The molecule has 102 valence electrons. The molecule has 1 rings (SSSR count). The van der Waals surface area contributed by atoms with Gasteiger partial charge in [-0.3, -0.25) is 0 Å². The van der Waals surface area contributed by atoms with Crippen LogP contribution in [0.15, 0.2) is 29.2 Å². The van der Waals surface area contributed by atoms with Crippen molar-refractivity contribution < 1.29 is 8.42 Å². The van der Waals surface area contributed by atoms with Crippen molar-refractivity contribution in [3.63, 3.8) is 0 Å². The molecule has 0 aliphatic heterocycles. The van der Waals surface area contributed by atoms with Crippen molar-refractivity contribution in [1.29, 1.82) is 0 Å². The molecule has 0 aliphatic carbocycles. The van der Waals surface area contributed by atoms with Gasteiger partial charge in [-0.2, -0.15) is 11.8 Å². The molecular formula is C13H21NO2S2. The van der Waals surface area contributed by atoms with Crippen LogP contribution in [0.5, 0.6) is 0 Å². The number of hydrogen-bond donors (Lipinski definition) is 1. The summed E-state index contributed by atoms with van der Waals surface area (Å²) < 4.78 is 23.9. The van der Waals surface area contributed by atoms with Crippen LogP contribution in [-0.4, -0.2) is 32.2 Å². The third-order valence-corrected chi connectivity index (χ3v) is 5.70. The molecule has 0 bridgehead atoms. The molecule has 1 N–H and O–H groups in total. The molecule has 18 heavy (non-hydrogen) atoms. The van der Waals surface area contributed by atoms with Gasteiger partial charge >= 0.3 is 0 Å². The van der Waals surface area contributed by atoms with Gasteiger partial charge in [0.2, 0.25) is 0 Å². The van der Waals surface area contributed by atoms with Gasteiger partial charge in [-0.25, -0.2) is 8.42 Å². The molecular weight excluding hydrogens is 266 g/mol. The highest BCUT2D eigenvalue weighted by Gasteiger charge is 2.15. The normalized spacial score (nSPS) is 13.3. The van der Waals surface area contributed by atoms with E-state index in [1.165, 1.54) is 0 Å². The van der Waals surface area contributed by atoms with Crippen LogP contribution < -0.4 is 5.32 Å². The zero-order valence-corrected chi connectivity index (χ0v) is 12.8. The van der Waals surface area contributed by atoms with E-state index >= 15 is 0 Å². The van der Waals surface area contributed by atoms with Crippen LogP contribution in [0.25, 0.3) is 0 Å². The zero-order valence-electron chi connectivity index (χ0n) is 11.1. The lowest BCUT2D eigenvalue weighted by Crippen LogP contribution is -2.12. The Morgan fingerprint density at radius 3 is 2.61 bits per heavy atom. The molecule has 0 amide bonds. The molecule has 0 saturated carbocycles. The number of thioether (sulfide) groups is 1. The van der Waals surface area contributed by atoms with Crippen molar-refractivity contribution >= 4 is 27.3 Å². The predicted octanol–water partition coefficient (Wildman–Crippen LogP) is 3.03. The number of rotatable bonds is 7. The summed E-state index contributed by atoms with van der Waals surface area (Å²) >= 11 is 1.82. The fourth-order valence-electron chi connectivity index (χ4n) is 1.57. The molecule has 3 nitrogen and oxygen atoms in total. The van der Waals surface area contributed by atoms with Gasteiger partial charge in [-0.05, 0) is 24.8 Å². The molecule has 0 aromatic heterocycles. The molecule has 1 unspecified atom stereocenters. The number of hydrogen-bond acceptors (Lipinski definition) is 4. The average Bonchev–Trinajstić information content (AvgIpc) is 2.39. The maximum absolute atomic E-state index is 11.9. The Morgan fingerprint density at radius 1 is 1.33 bits per heavy atom. The topological polar surface area (TPSA) is 46.2 Å². The molecule has 1 atom stereocenters. The van der Waals surface area contributed by atoms with Crippen LogP contribution in [0, 0.1) is 0 Å². The Labute approximate surface area is 114 Å². The molecule has 0 heterocycles. The number of anilines is 1. The van der Waals surface area contributed by atoms with Crippen LogP contribution >= 0.6 is 11.8 Å². The molecule has 0 spiro atoms. The molecule has 0 saturated heterocycles. The van der Waals surface area contributed by atoms with E-state index in [1.807, 2.05) is 23.9 Å². The van der Waals surface area contributed by atoms with Crippen LogP contribution in [0.3, 0.4) is 0 Å². The van der Waals surface area contributed by atoms with Crippen molar-refractivity contribution in [3.05, 3.63) is 24.3 Å². The Hall–Kier alpha value is -0.680. The minimum absolute atomic E-state index is 0.132. The predicted molar refractivity (Wildman–Crippen MR) is 80.3 cm³/mol. The van der Waals surface area contributed by atoms with Gasteiger partial charge in [-0.1, -0.05) is 26.0 Å². The fraction of sp³-hybridized carbons (Fsp3) is 0.538. The van der Waals surface area contributed by atoms with Crippen molar-refractivity contribution in [3.8, 4) is 0 Å². The van der Waals surface area contributed by atoms with E-state index < -0.39 is 9.84 Å². The van der Waals surface area contributed by atoms with Crippen molar-refractivity contribution in [2.45, 2.75) is 30.4 Å². The highest BCUT2D eigenvalue weighted by Crippen LogP contribution is 2.22. The first-order valence-corrected chi connectivity index (χ1v) is 9.03. The van der Waals surface area contributed by atoms with Gasteiger partial charge in [0, 0.05) is 11.8 Å². The zero-order chi connectivity index (χ0) is 13.6. The molecule has 5 heteroatoms. The van der Waals surface area contributed by atoms with Crippen molar-refractivity contribution in [2.75, 3.05) is 23.9 Å². The maximum atomic E-state index is 11.9. The number of para-hydroxylation sites is 1. The molecule has 0 aliphatic rings. The first-order chi connectivity index (χ1) is 8.51. The molecule has 0 fully saturated rings. The quantitative estimate of drug-likeness (QED) is 0.837. The summed E-state index contributed by atoms with van der Waals surface area (Å²) in [6, 6.07) is 7.11. The summed E-state index contributed by atoms with van der Waals surface area (Å²) in [5, 5.41) is 3.80. The lowest BCUT2D eigenvalue weighted by molar-refractivity contribution is 0.597. The Kier molecular flexibility index (Phi) is 6.02. The highest BCUT2D eigenvalue weighted by molar-refractivity contribution is 7.99. The summed E-state index contributed by atoms with van der Waals surface area (Å²) in [6.07, 6.45) is 3.10. The van der Waals surface area contributed by atoms with E-state index in [0.717, 1.165) is 13.0 Å². The van der Waals surface area contributed by atoms with E-state index in [9.17, 15) is 8.42 Å². The van der Waals surface area contributed by atoms with E-state index in [2.05, 4.69) is 18.5 Å². The standard InChI is InChI=1S/C13H21NO2S2/c1-4-18(15,16)13-8-6-5-7-12(13)14-10-9-11(2)17-3/h5-8,11,14H,4,9-10H2,1-3H3. The van der Waals surface area contributed by atoms with Gasteiger partial charge < -0.3 is 5.32 Å². The van der Waals surface area contributed by atoms with Crippen LogP contribution in [0.4, 0.5) is 5.69 Å². The van der Waals surface area contributed by atoms with Crippen LogP contribution in [0.1, 0.15) is 20.3 Å². The Morgan fingerprint density at radius 2 is 2.00 bits per heavy atom. The van der Waals surface area contributed by atoms with Gasteiger partial charge in [-0.15, -0.1) is 0 Å². The summed E-state index contributed by atoms with van der Waals surface area (Å²) in [5.41, 5.74) is 0.715. The van der Waals surface area contributed by atoms with Crippen molar-refractivity contribution in [2.24, 2.45) is 0 Å². The summed E-state index contributed by atoms with van der Waals surface area (Å²) in [6.45, 7) is 4.63. The average molecular weight is 287 g/mol. The minimum Gasteiger partial charge on any atom is -0.384 e. The third-order valence-electron chi connectivity index (χ3n) is 2.87. The lowest BCUT2D eigenvalue weighted by Gasteiger charge is -2.13. The summed E-state index contributed by atoms with van der Waals surface area (Å²) in [4.78, 5) is 0.407. The van der Waals surface area contributed by atoms with Gasteiger partial charge in [0.15, 0.2) is 9.84 Å². The van der Waals surface area contributed by atoms with Crippen molar-refractivity contribution in [1.82, 2.24) is 0 Å². The van der Waals surface area contributed by atoms with E-state index in [4.69, 9.17) is 0 Å². The van der Waals surface area contributed by atoms with Crippen LogP contribution in [-0.2, 0) is 9.84 Å². The SMILES string of the molecule is CCS(=O)(=O)c1ccccc1NCCC(C)SC. The maximum Gasteiger partial charge on any atom is 0.180 e. The minimum atomic E-state index is -3.15.